The minimum absolute atomic E-state index is 0.214. The van der Waals surface area contributed by atoms with Gasteiger partial charge in [0.2, 0.25) is 10.0 Å². The zero-order valence-corrected chi connectivity index (χ0v) is 13.4. The fourth-order valence-electron chi connectivity index (χ4n) is 2.35. The highest BCUT2D eigenvalue weighted by molar-refractivity contribution is 7.88. The quantitative estimate of drug-likeness (QED) is 0.787. The van der Waals surface area contributed by atoms with Crippen molar-refractivity contribution >= 4 is 27.4 Å². The van der Waals surface area contributed by atoms with Crippen molar-refractivity contribution in [1.29, 1.82) is 0 Å². The van der Waals surface area contributed by atoms with E-state index in [9.17, 15) is 8.42 Å². The number of piperazine rings is 1. The molecule has 1 saturated heterocycles. The molecule has 1 aliphatic heterocycles. The first-order chi connectivity index (χ1) is 9.30. The standard InChI is InChI=1S/C12H19ClN4O2S/c1-9(2)10-11(13)14-8-15-12(10)16-4-6-17(7-5-16)20(3,18)19/h8-9H,4-7H2,1-3H3. The molecule has 0 amide bonds. The third-order valence-electron chi connectivity index (χ3n) is 3.40. The van der Waals surface area contributed by atoms with Gasteiger partial charge < -0.3 is 4.90 Å². The van der Waals surface area contributed by atoms with Crippen LogP contribution >= 0.6 is 11.6 Å². The predicted octanol–water partition coefficient (Wildman–Crippen LogP) is 1.33. The fraction of sp³-hybridized carbons (Fsp3) is 0.667. The highest BCUT2D eigenvalue weighted by atomic mass is 35.5. The van der Waals surface area contributed by atoms with Gasteiger partial charge in [0, 0.05) is 31.7 Å². The second-order valence-corrected chi connectivity index (χ2v) is 7.55. The predicted molar refractivity (Wildman–Crippen MR) is 79.8 cm³/mol. The van der Waals surface area contributed by atoms with Crippen molar-refractivity contribution in [2.24, 2.45) is 0 Å². The first-order valence-electron chi connectivity index (χ1n) is 6.51. The van der Waals surface area contributed by atoms with Crippen LogP contribution in [-0.2, 0) is 10.0 Å². The summed E-state index contributed by atoms with van der Waals surface area (Å²) in [5.41, 5.74) is 0.918. The van der Waals surface area contributed by atoms with E-state index in [0.29, 0.717) is 31.3 Å². The summed E-state index contributed by atoms with van der Waals surface area (Å²) in [5.74, 6) is 1.03. The van der Waals surface area contributed by atoms with Gasteiger partial charge in [-0.25, -0.2) is 18.4 Å². The summed E-state index contributed by atoms with van der Waals surface area (Å²) >= 11 is 6.16. The van der Waals surface area contributed by atoms with Gasteiger partial charge in [0.1, 0.15) is 17.3 Å². The smallest absolute Gasteiger partial charge is 0.211 e. The van der Waals surface area contributed by atoms with Crippen LogP contribution in [0.1, 0.15) is 25.3 Å². The van der Waals surface area contributed by atoms with Crippen molar-refractivity contribution in [3.8, 4) is 0 Å². The molecule has 0 spiro atoms. The van der Waals surface area contributed by atoms with Gasteiger partial charge in [-0.1, -0.05) is 25.4 Å². The van der Waals surface area contributed by atoms with Crippen molar-refractivity contribution in [2.75, 3.05) is 37.3 Å². The molecule has 0 unspecified atom stereocenters. The van der Waals surface area contributed by atoms with Crippen molar-refractivity contribution in [1.82, 2.24) is 14.3 Å². The normalized spacial score (nSPS) is 17.8. The number of hydrogen-bond acceptors (Lipinski definition) is 5. The highest BCUT2D eigenvalue weighted by Gasteiger charge is 2.26. The molecule has 0 aromatic carbocycles. The Kier molecular flexibility index (Phi) is 4.51. The van der Waals surface area contributed by atoms with Crippen LogP contribution in [0, 0.1) is 0 Å². The molecule has 2 heterocycles. The molecule has 2 rings (SSSR count). The minimum atomic E-state index is -3.12. The minimum Gasteiger partial charge on any atom is -0.354 e. The Bertz CT molecular complexity index is 583. The Morgan fingerprint density at radius 3 is 2.30 bits per heavy atom. The van der Waals surface area contributed by atoms with Crippen LogP contribution in [0.2, 0.25) is 5.15 Å². The maximum atomic E-state index is 11.5. The van der Waals surface area contributed by atoms with Crippen molar-refractivity contribution in [3.05, 3.63) is 17.0 Å². The van der Waals surface area contributed by atoms with E-state index in [1.165, 1.54) is 16.9 Å². The monoisotopic (exact) mass is 318 g/mol. The average molecular weight is 319 g/mol. The highest BCUT2D eigenvalue weighted by Crippen LogP contribution is 2.31. The van der Waals surface area contributed by atoms with Crippen molar-refractivity contribution in [2.45, 2.75) is 19.8 Å². The van der Waals surface area contributed by atoms with E-state index in [-0.39, 0.29) is 5.92 Å². The van der Waals surface area contributed by atoms with Crippen LogP contribution in [0.15, 0.2) is 6.33 Å². The molecule has 0 aliphatic carbocycles. The fourth-order valence-corrected chi connectivity index (χ4v) is 3.52. The summed E-state index contributed by atoms with van der Waals surface area (Å²) in [6.07, 6.45) is 2.69. The Hall–Kier alpha value is -0.920. The number of anilines is 1. The molecule has 0 radical (unpaired) electrons. The second kappa shape index (κ2) is 5.83. The Morgan fingerprint density at radius 2 is 1.80 bits per heavy atom. The molecule has 20 heavy (non-hydrogen) atoms. The van der Waals surface area contributed by atoms with E-state index < -0.39 is 10.0 Å². The van der Waals surface area contributed by atoms with Crippen LogP contribution in [0.5, 0.6) is 0 Å². The van der Waals surface area contributed by atoms with Gasteiger partial charge in [0.25, 0.3) is 0 Å². The Morgan fingerprint density at radius 1 is 1.20 bits per heavy atom. The Labute approximate surface area is 124 Å². The zero-order chi connectivity index (χ0) is 14.9. The van der Waals surface area contributed by atoms with E-state index in [1.54, 1.807) is 0 Å². The average Bonchev–Trinajstić information content (AvgIpc) is 2.37. The van der Waals surface area contributed by atoms with Crippen LogP contribution in [0.3, 0.4) is 0 Å². The van der Waals surface area contributed by atoms with Crippen molar-refractivity contribution < 1.29 is 8.42 Å². The van der Waals surface area contributed by atoms with Crippen LogP contribution in [-0.4, -0.2) is 55.1 Å². The molecule has 0 N–H and O–H groups in total. The topological polar surface area (TPSA) is 66.4 Å². The van der Waals surface area contributed by atoms with Gasteiger partial charge in [0.05, 0.1) is 6.26 Å². The number of aromatic nitrogens is 2. The molecule has 0 saturated carbocycles. The summed E-state index contributed by atoms with van der Waals surface area (Å²) in [6, 6.07) is 0. The molecule has 6 nitrogen and oxygen atoms in total. The summed E-state index contributed by atoms with van der Waals surface area (Å²) < 4.78 is 24.5. The van der Waals surface area contributed by atoms with Gasteiger partial charge >= 0.3 is 0 Å². The van der Waals surface area contributed by atoms with Crippen LogP contribution < -0.4 is 4.90 Å². The summed E-state index contributed by atoms with van der Waals surface area (Å²) in [5, 5.41) is 0.468. The van der Waals surface area contributed by atoms with E-state index >= 15 is 0 Å². The van der Waals surface area contributed by atoms with Gasteiger partial charge in [-0.15, -0.1) is 0 Å². The van der Waals surface area contributed by atoms with E-state index in [4.69, 9.17) is 11.6 Å². The summed E-state index contributed by atoms with van der Waals surface area (Å²) in [6.45, 7) is 6.25. The van der Waals surface area contributed by atoms with Crippen molar-refractivity contribution in [3.63, 3.8) is 0 Å². The lowest BCUT2D eigenvalue weighted by Crippen LogP contribution is -2.48. The van der Waals surface area contributed by atoms with E-state index in [2.05, 4.69) is 14.9 Å². The largest absolute Gasteiger partial charge is 0.354 e. The van der Waals surface area contributed by atoms with Crippen LogP contribution in [0.25, 0.3) is 0 Å². The van der Waals surface area contributed by atoms with E-state index in [0.717, 1.165) is 11.4 Å². The van der Waals surface area contributed by atoms with Gasteiger partial charge in [0.15, 0.2) is 0 Å². The van der Waals surface area contributed by atoms with Gasteiger partial charge in [-0.2, -0.15) is 4.31 Å². The molecule has 8 heteroatoms. The summed E-state index contributed by atoms with van der Waals surface area (Å²) in [7, 11) is -3.12. The first kappa shape index (κ1) is 15.5. The lowest BCUT2D eigenvalue weighted by atomic mass is 10.1. The van der Waals surface area contributed by atoms with E-state index in [1.807, 2.05) is 13.8 Å². The third kappa shape index (κ3) is 3.21. The lowest BCUT2D eigenvalue weighted by Gasteiger charge is -2.35. The lowest BCUT2D eigenvalue weighted by molar-refractivity contribution is 0.386. The van der Waals surface area contributed by atoms with Gasteiger partial charge in [-0.05, 0) is 5.92 Å². The van der Waals surface area contributed by atoms with Gasteiger partial charge in [-0.3, -0.25) is 0 Å². The molecular weight excluding hydrogens is 300 g/mol. The Balaban J connectivity index is 2.21. The molecule has 1 aliphatic rings. The third-order valence-corrected chi connectivity index (χ3v) is 5.00. The first-order valence-corrected chi connectivity index (χ1v) is 8.73. The number of hydrogen-bond donors (Lipinski definition) is 0. The maximum Gasteiger partial charge on any atom is 0.211 e. The molecule has 0 atom stereocenters. The molecule has 112 valence electrons. The second-order valence-electron chi connectivity index (χ2n) is 5.21. The maximum absolute atomic E-state index is 11.5. The molecule has 1 aromatic rings. The molecule has 0 bridgehead atoms. The zero-order valence-electron chi connectivity index (χ0n) is 11.9. The van der Waals surface area contributed by atoms with Crippen LogP contribution in [0.4, 0.5) is 5.82 Å². The molecule has 1 aromatic heterocycles. The number of halogens is 1. The SMILES string of the molecule is CC(C)c1c(Cl)ncnc1N1CCN(S(C)(=O)=O)CC1. The summed E-state index contributed by atoms with van der Waals surface area (Å²) in [4.78, 5) is 10.4. The molecular formula is C12H19ClN4O2S. The number of rotatable bonds is 3. The number of nitrogens with zero attached hydrogens (tertiary/aromatic N) is 4. The molecule has 1 fully saturated rings. The number of sulfonamides is 1.